The molecule has 136 valence electrons. The van der Waals surface area contributed by atoms with E-state index in [4.69, 9.17) is 10.5 Å². The van der Waals surface area contributed by atoms with Gasteiger partial charge in [-0.1, -0.05) is 30.0 Å². The fourth-order valence-electron chi connectivity index (χ4n) is 3.26. The molecule has 3 aromatic rings. The average molecular weight is 373 g/mol. The van der Waals surface area contributed by atoms with Crippen LogP contribution in [0.3, 0.4) is 0 Å². The molecule has 0 aliphatic carbocycles. The Bertz CT molecular complexity index is 938. The molecule has 0 atom stereocenters. The molecule has 0 bridgehead atoms. The lowest BCUT2D eigenvalue weighted by molar-refractivity contribution is -0.905. The van der Waals surface area contributed by atoms with Crippen LogP contribution in [0, 0.1) is 0 Å². The van der Waals surface area contributed by atoms with Gasteiger partial charge in [-0.15, -0.1) is 10.2 Å². The minimum absolute atomic E-state index is 0.0741. The molecule has 1 fully saturated rings. The number of para-hydroxylation sites is 1. The number of thioether (sulfide) groups is 1. The highest BCUT2D eigenvalue weighted by atomic mass is 32.2. The van der Waals surface area contributed by atoms with Crippen LogP contribution in [0.5, 0.6) is 0 Å². The second kappa shape index (κ2) is 7.56. The van der Waals surface area contributed by atoms with Crippen molar-refractivity contribution in [3.8, 4) is 0 Å². The van der Waals surface area contributed by atoms with E-state index in [0.717, 1.165) is 49.5 Å². The number of carbonyl (C=O) groups excluding carboxylic acids is 1. The first-order valence-electron chi connectivity index (χ1n) is 8.66. The Morgan fingerprint density at radius 3 is 2.88 bits per heavy atom. The Labute approximate surface area is 154 Å². The second-order valence-corrected chi connectivity index (χ2v) is 7.36. The Morgan fingerprint density at radius 1 is 1.27 bits per heavy atom. The maximum atomic E-state index is 11.5. The molecule has 0 saturated carbocycles. The summed E-state index contributed by atoms with van der Waals surface area (Å²) in [6.07, 6.45) is 0. The van der Waals surface area contributed by atoms with Crippen molar-refractivity contribution in [2.45, 2.75) is 11.7 Å². The lowest BCUT2D eigenvalue weighted by Crippen LogP contribution is -3.14. The van der Waals surface area contributed by atoms with Crippen molar-refractivity contribution in [3.63, 3.8) is 0 Å². The summed E-state index contributed by atoms with van der Waals surface area (Å²) < 4.78 is 7.20. The molecule has 1 aromatic carbocycles. The molecule has 0 unspecified atom stereocenters. The van der Waals surface area contributed by atoms with Crippen LogP contribution in [0.2, 0.25) is 0 Å². The fourth-order valence-corrected chi connectivity index (χ4v) is 4.09. The van der Waals surface area contributed by atoms with Gasteiger partial charge in [0, 0.05) is 5.39 Å². The van der Waals surface area contributed by atoms with E-state index in [0.29, 0.717) is 16.3 Å². The second-order valence-electron chi connectivity index (χ2n) is 6.30. The van der Waals surface area contributed by atoms with Gasteiger partial charge in [-0.25, -0.2) is 4.98 Å². The summed E-state index contributed by atoms with van der Waals surface area (Å²) in [5.74, 6) is 0.509. The molecule has 1 aliphatic heterocycles. The number of hydrogen-bond donors (Lipinski definition) is 2. The zero-order valence-corrected chi connectivity index (χ0v) is 15.2. The van der Waals surface area contributed by atoms with Gasteiger partial charge in [-0.2, -0.15) is 0 Å². The van der Waals surface area contributed by atoms with Crippen LogP contribution >= 0.6 is 11.8 Å². The van der Waals surface area contributed by atoms with E-state index >= 15 is 0 Å². The van der Waals surface area contributed by atoms with Crippen LogP contribution in [0.4, 0.5) is 0 Å². The topological polar surface area (TPSA) is 100 Å². The van der Waals surface area contributed by atoms with Crippen molar-refractivity contribution < 1.29 is 14.4 Å². The largest absolute Gasteiger partial charge is 0.370 e. The summed E-state index contributed by atoms with van der Waals surface area (Å²) in [6.45, 7) is 4.87. The number of nitrogens with one attached hydrogen (secondary N) is 1. The standard InChI is InChI=1S/C17H20N6O2S/c18-14(24)11-23-13-4-2-1-3-12(13)15-16(23)19-17(21-20-15)26-10-7-22-5-8-25-9-6-22/h1-4H,5-11H2,(H2,18,24)/p+1. The van der Waals surface area contributed by atoms with E-state index in [9.17, 15) is 4.79 Å². The van der Waals surface area contributed by atoms with Gasteiger partial charge >= 0.3 is 0 Å². The number of rotatable bonds is 6. The van der Waals surface area contributed by atoms with Gasteiger partial charge in [-0.05, 0) is 6.07 Å². The third-order valence-electron chi connectivity index (χ3n) is 4.56. The number of aromatic nitrogens is 4. The quantitative estimate of drug-likeness (QED) is 0.564. The number of primary amides is 1. The molecular weight excluding hydrogens is 352 g/mol. The predicted molar refractivity (Wildman–Crippen MR) is 99.1 cm³/mol. The van der Waals surface area contributed by atoms with E-state index in [1.807, 2.05) is 28.8 Å². The van der Waals surface area contributed by atoms with Crippen LogP contribution in [0.15, 0.2) is 29.4 Å². The van der Waals surface area contributed by atoms with Crippen molar-refractivity contribution in [3.05, 3.63) is 24.3 Å². The summed E-state index contributed by atoms with van der Waals surface area (Å²) in [4.78, 5) is 17.7. The molecule has 2 aromatic heterocycles. The molecule has 3 N–H and O–H groups in total. The smallest absolute Gasteiger partial charge is 0.237 e. The first-order chi connectivity index (χ1) is 12.7. The van der Waals surface area contributed by atoms with E-state index < -0.39 is 5.91 Å². The number of ether oxygens (including phenoxy) is 1. The van der Waals surface area contributed by atoms with E-state index in [1.165, 1.54) is 0 Å². The molecule has 3 heterocycles. The maximum Gasteiger partial charge on any atom is 0.237 e. The Balaban J connectivity index is 1.59. The number of nitrogens with two attached hydrogens (primary N) is 1. The highest BCUT2D eigenvalue weighted by Crippen LogP contribution is 2.26. The molecule has 9 heteroatoms. The zero-order chi connectivity index (χ0) is 17.9. The number of fused-ring (bicyclic) bond motifs is 3. The molecule has 0 spiro atoms. The summed E-state index contributed by atoms with van der Waals surface area (Å²) in [6, 6.07) is 7.76. The number of benzene rings is 1. The van der Waals surface area contributed by atoms with Crippen LogP contribution in [0.1, 0.15) is 0 Å². The first kappa shape index (κ1) is 17.2. The minimum Gasteiger partial charge on any atom is -0.370 e. The van der Waals surface area contributed by atoms with Crippen molar-refractivity contribution in [2.24, 2.45) is 5.73 Å². The molecule has 26 heavy (non-hydrogen) atoms. The predicted octanol–water partition coefficient (Wildman–Crippen LogP) is -0.528. The number of nitrogens with zero attached hydrogens (tertiary/aromatic N) is 4. The maximum absolute atomic E-state index is 11.5. The minimum atomic E-state index is -0.406. The van der Waals surface area contributed by atoms with Crippen LogP contribution < -0.4 is 10.6 Å². The lowest BCUT2D eigenvalue weighted by atomic mass is 10.2. The Kier molecular flexibility index (Phi) is 5.00. The van der Waals surface area contributed by atoms with E-state index in [2.05, 4.69) is 15.2 Å². The Morgan fingerprint density at radius 2 is 2.08 bits per heavy atom. The van der Waals surface area contributed by atoms with Gasteiger partial charge in [0.05, 0.1) is 31.0 Å². The molecule has 8 nitrogen and oxygen atoms in total. The molecule has 4 rings (SSSR count). The highest BCUT2D eigenvalue weighted by molar-refractivity contribution is 7.99. The third-order valence-corrected chi connectivity index (χ3v) is 5.39. The third kappa shape index (κ3) is 3.50. The van der Waals surface area contributed by atoms with Gasteiger partial charge < -0.3 is 19.9 Å². The molecule has 1 saturated heterocycles. The fraction of sp³-hybridized carbons (Fsp3) is 0.412. The van der Waals surface area contributed by atoms with Crippen LogP contribution in [0.25, 0.3) is 22.1 Å². The van der Waals surface area contributed by atoms with E-state index in [-0.39, 0.29) is 6.54 Å². The number of morpholine rings is 1. The number of hydrogen-bond acceptors (Lipinski definition) is 6. The van der Waals surface area contributed by atoms with Gasteiger partial charge in [0.1, 0.15) is 25.2 Å². The highest BCUT2D eigenvalue weighted by Gasteiger charge is 2.17. The first-order valence-corrected chi connectivity index (χ1v) is 9.65. The average Bonchev–Trinajstić information content (AvgIpc) is 2.96. The number of amides is 1. The van der Waals surface area contributed by atoms with Gasteiger partial charge in [0.15, 0.2) is 5.65 Å². The number of quaternary nitrogens is 1. The SMILES string of the molecule is NC(=O)Cn1c2ccccc2c2nnc(SCC[NH+]3CCOCC3)nc21. The molecule has 1 aliphatic rings. The van der Waals surface area contributed by atoms with Crippen molar-refractivity contribution >= 4 is 39.7 Å². The van der Waals surface area contributed by atoms with Crippen molar-refractivity contribution in [2.75, 3.05) is 38.6 Å². The summed E-state index contributed by atoms with van der Waals surface area (Å²) >= 11 is 1.59. The molecule has 0 radical (unpaired) electrons. The van der Waals surface area contributed by atoms with Crippen LogP contribution in [-0.4, -0.2) is 64.3 Å². The summed E-state index contributed by atoms with van der Waals surface area (Å²) in [5.41, 5.74) is 7.67. The zero-order valence-electron chi connectivity index (χ0n) is 14.4. The van der Waals surface area contributed by atoms with Crippen molar-refractivity contribution in [1.82, 2.24) is 19.7 Å². The Hall–Kier alpha value is -2.23. The molecular formula is C17H21N6O2S+. The summed E-state index contributed by atoms with van der Waals surface area (Å²) in [5, 5.41) is 10.2. The van der Waals surface area contributed by atoms with Crippen molar-refractivity contribution in [1.29, 1.82) is 0 Å². The van der Waals surface area contributed by atoms with E-state index in [1.54, 1.807) is 16.7 Å². The number of carbonyl (C=O) groups is 1. The molecule has 1 amide bonds. The van der Waals surface area contributed by atoms with Crippen LogP contribution in [-0.2, 0) is 16.1 Å². The normalized spacial score (nSPS) is 15.7. The van der Waals surface area contributed by atoms with Gasteiger partial charge in [0.25, 0.3) is 0 Å². The monoisotopic (exact) mass is 373 g/mol. The summed E-state index contributed by atoms with van der Waals surface area (Å²) in [7, 11) is 0. The lowest BCUT2D eigenvalue weighted by Gasteiger charge is -2.23. The van der Waals surface area contributed by atoms with Gasteiger partial charge in [0.2, 0.25) is 11.1 Å². The van der Waals surface area contributed by atoms with Gasteiger partial charge in [-0.3, -0.25) is 4.79 Å².